The second-order valence-electron chi connectivity index (χ2n) is 5.77. The maximum atomic E-state index is 12.9. The lowest BCUT2D eigenvalue weighted by Gasteiger charge is -2.10. The molecule has 3 aromatic carbocycles. The van der Waals surface area contributed by atoms with E-state index in [1.165, 1.54) is 36.4 Å². The number of anilines is 2. The first-order valence-corrected chi connectivity index (χ1v) is 8.90. The topological polar surface area (TPSA) is 41.1 Å². The van der Waals surface area contributed by atoms with Gasteiger partial charge < -0.3 is 10.0 Å². The second-order valence-corrected chi connectivity index (χ2v) is 6.65. The van der Waals surface area contributed by atoms with E-state index in [-0.39, 0.29) is 5.91 Å². The Labute approximate surface area is 162 Å². The Balaban J connectivity index is 1.60. The van der Waals surface area contributed by atoms with Crippen LogP contribution in [-0.4, -0.2) is 5.91 Å². The van der Waals surface area contributed by atoms with E-state index < -0.39 is 17.6 Å². The second kappa shape index (κ2) is 8.35. The number of carbonyl (C=O) groups excluding carboxylic acids is 1. The normalized spacial score (nSPS) is 11.1. The van der Waals surface area contributed by atoms with E-state index in [1.807, 2.05) is 0 Å². The Bertz CT molecular complexity index is 957. The molecular formula is C20H14F4N2OS. The zero-order valence-corrected chi connectivity index (χ0v) is 15.1. The Morgan fingerprint density at radius 2 is 1.54 bits per heavy atom. The van der Waals surface area contributed by atoms with Crippen molar-refractivity contribution in [2.45, 2.75) is 11.1 Å². The van der Waals surface area contributed by atoms with Crippen LogP contribution in [0.1, 0.15) is 15.9 Å². The van der Waals surface area contributed by atoms with Crippen molar-refractivity contribution < 1.29 is 22.4 Å². The average molecular weight is 406 g/mol. The summed E-state index contributed by atoms with van der Waals surface area (Å²) in [7, 11) is 0. The molecule has 0 bridgehead atoms. The largest absolute Gasteiger partial charge is 0.416 e. The van der Waals surface area contributed by atoms with Crippen molar-refractivity contribution in [2.75, 3.05) is 10.0 Å². The number of hydrogen-bond donors (Lipinski definition) is 2. The first kappa shape index (κ1) is 19.8. The zero-order chi connectivity index (χ0) is 20.1. The molecule has 0 aliphatic rings. The van der Waals surface area contributed by atoms with E-state index in [4.69, 9.17) is 0 Å². The SMILES string of the molecule is O=C(Nc1ccc(F)cc1)c1ccc(SNc2cccc(C(F)(F)F)c2)cc1. The molecule has 8 heteroatoms. The number of halogens is 4. The van der Waals surface area contributed by atoms with Gasteiger partial charge in [0.2, 0.25) is 0 Å². The summed E-state index contributed by atoms with van der Waals surface area (Å²) in [5.74, 6) is -0.748. The van der Waals surface area contributed by atoms with Gasteiger partial charge >= 0.3 is 6.18 Å². The van der Waals surface area contributed by atoms with Crippen molar-refractivity contribution in [1.82, 2.24) is 0 Å². The van der Waals surface area contributed by atoms with Crippen molar-refractivity contribution in [1.29, 1.82) is 0 Å². The number of hydrogen-bond acceptors (Lipinski definition) is 3. The fourth-order valence-electron chi connectivity index (χ4n) is 2.29. The van der Waals surface area contributed by atoms with E-state index in [2.05, 4.69) is 10.0 Å². The van der Waals surface area contributed by atoms with Crippen LogP contribution in [0.5, 0.6) is 0 Å². The van der Waals surface area contributed by atoms with Gasteiger partial charge in [0.15, 0.2) is 0 Å². The predicted octanol–water partition coefficient (Wildman–Crippen LogP) is 6.22. The summed E-state index contributed by atoms with van der Waals surface area (Å²) in [6.07, 6.45) is -4.40. The molecule has 0 heterocycles. The molecule has 0 spiro atoms. The Hall–Kier alpha value is -3.00. The number of alkyl halides is 3. The van der Waals surface area contributed by atoms with Crippen molar-refractivity contribution >= 4 is 29.2 Å². The first-order valence-electron chi connectivity index (χ1n) is 8.08. The monoisotopic (exact) mass is 406 g/mol. The molecule has 0 unspecified atom stereocenters. The number of amides is 1. The highest BCUT2D eigenvalue weighted by Gasteiger charge is 2.30. The highest BCUT2D eigenvalue weighted by atomic mass is 32.2. The molecule has 28 heavy (non-hydrogen) atoms. The smallest absolute Gasteiger partial charge is 0.326 e. The van der Waals surface area contributed by atoms with Crippen molar-refractivity contribution in [2.24, 2.45) is 0 Å². The van der Waals surface area contributed by atoms with E-state index in [9.17, 15) is 22.4 Å². The van der Waals surface area contributed by atoms with Gasteiger partial charge in [0.05, 0.1) is 5.56 Å². The third-order valence-electron chi connectivity index (χ3n) is 3.70. The molecule has 0 saturated heterocycles. The minimum absolute atomic E-state index is 0.318. The Morgan fingerprint density at radius 1 is 0.857 bits per heavy atom. The molecule has 3 nitrogen and oxygen atoms in total. The quantitative estimate of drug-likeness (QED) is 0.391. The first-order chi connectivity index (χ1) is 13.3. The molecule has 2 N–H and O–H groups in total. The molecular weight excluding hydrogens is 392 g/mol. The van der Waals surface area contributed by atoms with Crippen LogP contribution in [0.3, 0.4) is 0 Å². The maximum absolute atomic E-state index is 12.9. The standard InChI is InChI=1S/C20H14F4N2OS/c21-15-6-8-16(9-7-15)25-19(27)13-4-10-18(11-5-13)28-26-17-3-1-2-14(12-17)20(22,23)24/h1-12,26H,(H,25,27). The summed E-state index contributed by atoms with van der Waals surface area (Å²) in [5.41, 5.74) is 0.452. The molecule has 0 aliphatic heterocycles. The van der Waals surface area contributed by atoms with Gasteiger partial charge in [0, 0.05) is 21.8 Å². The number of nitrogens with one attached hydrogen (secondary N) is 2. The number of carbonyl (C=O) groups is 1. The van der Waals surface area contributed by atoms with Gasteiger partial charge in [-0.25, -0.2) is 4.39 Å². The minimum Gasteiger partial charge on any atom is -0.326 e. The fourth-order valence-corrected chi connectivity index (χ4v) is 2.92. The van der Waals surface area contributed by atoms with Gasteiger partial charge in [-0.2, -0.15) is 13.2 Å². The molecule has 0 saturated carbocycles. The van der Waals surface area contributed by atoms with Crippen LogP contribution in [0, 0.1) is 5.82 Å². The molecule has 3 aromatic rings. The summed E-state index contributed by atoms with van der Waals surface area (Å²) >= 11 is 1.13. The summed E-state index contributed by atoms with van der Waals surface area (Å²) in [4.78, 5) is 12.9. The average Bonchev–Trinajstić information content (AvgIpc) is 2.68. The van der Waals surface area contributed by atoms with Crippen LogP contribution in [0.4, 0.5) is 28.9 Å². The fraction of sp³-hybridized carbons (Fsp3) is 0.0500. The minimum atomic E-state index is -4.40. The lowest BCUT2D eigenvalue weighted by molar-refractivity contribution is -0.137. The molecule has 0 atom stereocenters. The van der Waals surface area contributed by atoms with Gasteiger partial charge in [-0.05, 0) is 78.7 Å². The van der Waals surface area contributed by atoms with Crippen LogP contribution in [0.2, 0.25) is 0 Å². The molecule has 0 radical (unpaired) electrons. The van der Waals surface area contributed by atoms with Crippen molar-refractivity contribution in [3.05, 3.63) is 89.7 Å². The van der Waals surface area contributed by atoms with E-state index in [0.29, 0.717) is 16.9 Å². The van der Waals surface area contributed by atoms with E-state index in [0.717, 1.165) is 29.0 Å². The van der Waals surface area contributed by atoms with Gasteiger partial charge in [-0.1, -0.05) is 6.07 Å². The molecule has 3 rings (SSSR count). The van der Waals surface area contributed by atoms with E-state index >= 15 is 0 Å². The molecule has 0 fully saturated rings. The van der Waals surface area contributed by atoms with Crippen LogP contribution in [0.25, 0.3) is 0 Å². The summed E-state index contributed by atoms with van der Waals surface area (Å²) in [6.45, 7) is 0. The van der Waals surface area contributed by atoms with Crippen molar-refractivity contribution in [3.63, 3.8) is 0 Å². The third-order valence-corrected chi connectivity index (χ3v) is 4.54. The third kappa shape index (κ3) is 5.26. The van der Waals surface area contributed by atoms with Gasteiger partial charge in [-0.15, -0.1) is 0 Å². The van der Waals surface area contributed by atoms with Crippen molar-refractivity contribution in [3.8, 4) is 0 Å². The van der Waals surface area contributed by atoms with Crippen LogP contribution in [0.15, 0.2) is 77.7 Å². The summed E-state index contributed by atoms with van der Waals surface area (Å²) in [5, 5.41) is 2.65. The van der Waals surface area contributed by atoms with Gasteiger partial charge in [0.25, 0.3) is 5.91 Å². The molecule has 0 aliphatic carbocycles. The number of rotatable bonds is 5. The van der Waals surface area contributed by atoms with Crippen LogP contribution < -0.4 is 10.0 Å². The summed E-state index contributed by atoms with van der Waals surface area (Å²) in [6, 6.07) is 16.8. The lowest BCUT2D eigenvalue weighted by Crippen LogP contribution is -2.11. The molecule has 0 aromatic heterocycles. The lowest BCUT2D eigenvalue weighted by atomic mass is 10.2. The maximum Gasteiger partial charge on any atom is 0.416 e. The highest BCUT2D eigenvalue weighted by molar-refractivity contribution is 8.00. The van der Waals surface area contributed by atoms with Gasteiger partial charge in [0.1, 0.15) is 5.82 Å². The molecule has 144 valence electrons. The molecule has 1 amide bonds. The van der Waals surface area contributed by atoms with E-state index in [1.54, 1.807) is 24.3 Å². The zero-order valence-electron chi connectivity index (χ0n) is 14.3. The Morgan fingerprint density at radius 3 is 2.18 bits per heavy atom. The van der Waals surface area contributed by atoms with Crippen LogP contribution in [-0.2, 0) is 6.18 Å². The Kier molecular flexibility index (Phi) is 5.89. The summed E-state index contributed by atoms with van der Waals surface area (Å²) < 4.78 is 53.9. The highest BCUT2D eigenvalue weighted by Crippen LogP contribution is 2.32. The number of benzene rings is 3. The van der Waals surface area contributed by atoms with Crippen LogP contribution >= 0.6 is 11.9 Å². The van der Waals surface area contributed by atoms with Gasteiger partial charge in [-0.3, -0.25) is 4.79 Å². The predicted molar refractivity (Wildman–Crippen MR) is 102 cm³/mol.